The third kappa shape index (κ3) is 3.41. The van der Waals surface area contributed by atoms with Crippen LogP contribution in [-0.2, 0) is 9.59 Å². The highest BCUT2D eigenvalue weighted by atomic mass is 32.2. The average molecular weight is 348 g/mol. The Kier molecular flexibility index (Phi) is 5.08. The van der Waals surface area contributed by atoms with Gasteiger partial charge in [0.15, 0.2) is 5.16 Å². The van der Waals surface area contributed by atoms with Gasteiger partial charge in [-0.2, -0.15) is 0 Å². The van der Waals surface area contributed by atoms with Crippen LogP contribution in [0.2, 0.25) is 0 Å². The number of hydrogen-bond acceptors (Lipinski definition) is 5. The summed E-state index contributed by atoms with van der Waals surface area (Å²) in [5.74, 6) is 0.624. The lowest BCUT2D eigenvalue weighted by Gasteiger charge is -2.41. The van der Waals surface area contributed by atoms with E-state index in [-0.39, 0.29) is 23.3 Å². The standard InChI is InChI=1S/C17H24N4O2S/c1-13(2)21-9-3-5-17(15(21)23)6-10-20(12-17)14(22)11-24-16-18-7-4-8-19-16/h4,7-8,13H,3,5-6,9-12H2,1-2H3/t17-/m1/s1. The van der Waals surface area contributed by atoms with E-state index in [0.29, 0.717) is 24.0 Å². The average Bonchev–Trinajstić information content (AvgIpc) is 3.01. The molecule has 0 unspecified atom stereocenters. The van der Waals surface area contributed by atoms with Crippen molar-refractivity contribution in [2.45, 2.75) is 44.3 Å². The van der Waals surface area contributed by atoms with E-state index in [2.05, 4.69) is 23.8 Å². The molecule has 24 heavy (non-hydrogen) atoms. The predicted octanol–water partition coefficient (Wildman–Crippen LogP) is 1.82. The van der Waals surface area contributed by atoms with E-state index >= 15 is 0 Å². The first-order valence-corrected chi connectivity index (χ1v) is 9.49. The van der Waals surface area contributed by atoms with Gasteiger partial charge in [0.1, 0.15) is 0 Å². The van der Waals surface area contributed by atoms with Gasteiger partial charge in [0.2, 0.25) is 11.8 Å². The SMILES string of the molecule is CC(C)N1CCC[C@]2(CCN(C(=O)CSc3ncccn3)C2)C1=O. The van der Waals surface area contributed by atoms with Gasteiger partial charge in [-0.15, -0.1) is 0 Å². The fraction of sp³-hybridized carbons (Fsp3) is 0.647. The molecular formula is C17H24N4O2S. The minimum absolute atomic E-state index is 0.0683. The summed E-state index contributed by atoms with van der Waals surface area (Å²) in [4.78, 5) is 37.5. The van der Waals surface area contributed by atoms with Crippen molar-refractivity contribution in [2.75, 3.05) is 25.4 Å². The predicted molar refractivity (Wildman–Crippen MR) is 92.5 cm³/mol. The molecular weight excluding hydrogens is 324 g/mol. The summed E-state index contributed by atoms with van der Waals surface area (Å²) in [6.07, 6.45) is 6.05. The zero-order valence-electron chi connectivity index (χ0n) is 14.3. The number of amides is 2. The molecule has 0 aliphatic carbocycles. The molecule has 3 heterocycles. The van der Waals surface area contributed by atoms with Crippen molar-refractivity contribution < 1.29 is 9.59 Å². The number of likely N-dealkylation sites (tertiary alicyclic amines) is 2. The summed E-state index contributed by atoms with van der Waals surface area (Å²) < 4.78 is 0. The first kappa shape index (κ1) is 17.2. The Hall–Kier alpha value is -1.63. The Morgan fingerprint density at radius 1 is 1.29 bits per heavy atom. The maximum Gasteiger partial charge on any atom is 0.233 e. The Morgan fingerprint density at radius 2 is 2.04 bits per heavy atom. The van der Waals surface area contributed by atoms with E-state index in [1.165, 1.54) is 11.8 Å². The summed E-state index contributed by atoms with van der Waals surface area (Å²) in [5, 5.41) is 0.611. The maximum absolute atomic E-state index is 12.9. The molecule has 0 radical (unpaired) electrons. The molecule has 1 spiro atoms. The summed E-state index contributed by atoms with van der Waals surface area (Å²) in [7, 11) is 0. The number of thioether (sulfide) groups is 1. The first-order chi connectivity index (χ1) is 11.5. The highest BCUT2D eigenvalue weighted by Crippen LogP contribution is 2.40. The summed E-state index contributed by atoms with van der Waals surface area (Å²) in [5.41, 5.74) is -0.355. The topological polar surface area (TPSA) is 66.4 Å². The van der Waals surface area contributed by atoms with Gasteiger partial charge in [0, 0.05) is 38.1 Å². The van der Waals surface area contributed by atoms with Crippen LogP contribution in [0.15, 0.2) is 23.6 Å². The van der Waals surface area contributed by atoms with Gasteiger partial charge in [-0.3, -0.25) is 9.59 Å². The number of piperidine rings is 1. The van der Waals surface area contributed by atoms with Gasteiger partial charge in [0.25, 0.3) is 0 Å². The number of aromatic nitrogens is 2. The van der Waals surface area contributed by atoms with Gasteiger partial charge in [-0.05, 0) is 39.2 Å². The molecule has 2 aliphatic heterocycles. The van der Waals surface area contributed by atoms with Gasteiger partial charge >= 0.3 is 0 Å². The Morgan fingerprint density at radius 3 is 2.75 bits per heavy atom. The minimum atomic E-state index is -0.355. The zero-order valence-corrected chi connectivity index (χ0v) is 15.1. The Balaban J connectivity index is 1.60. The van der Waals surface area contributed by atoms with E-state index in [1.807, 2.05) is 9.80 Å². The second-order valence-electron chi connectivity index (χ2n) is 6.86. The highest BCUT2D eigenvalue weighted by Gasteiger charge is 2.49. The first-order valence-electron chi connectivity index (χ1n) is 8.50. The van der Waals surface area contributed by atoms with Crippen LogP contribution in [0.25, 0.3) is 0 Å². The molecule has 3 rings (SSSR count). The molecule has 1 atom stereocenters. The molecule has 2 fully saturated rings. The highest BCUT2D eigenvalue weighted by molar-refractivity contribution is 7.99. The van der Waals surface area contributed by atoms with Crippen molar-refractivity contribution in [3.63, 3.8) is 0 Å². The van der Waals surface area contributed by atoms with Gasteiger partial charge in [-0.1, -0.05) is 11.8 Å². The number of hydrogen-bond donors (Lipinski definition) is 0. The van der Waals surface area contributed by atoms with Gasteiger partial charge in [0.05, 0.1) is 11.2 Å². The molecule has 2 saturated heterocycles. The monoisotopic (exact) mass is 348 g/mol. The number of nitrogens with zero attached hydrogens (tertiary/aromatic N) is 4. The molecule has 7 heteroatoms. The normalized spacial score (nSPS) is 24.2. The van der Waals surface area contributed by atoms with E-state index in [0.717, 1.165) is 25.8 Å². The van der Waals surface area contributed by atoms with Crippen molar-refractivity contribution in [1.82, 2.24) is 19.8 Å². The zero-order chi connectivity index (χ0) is 17.2. The van der Waals surface area contributed by atoms with Crippen LogP contribution in [0.5, 0.6) is 0 Å². The number of carbonyl (C=O) groups is 2. The van der Waals surface area contributed by atoms with Crippen LogP contribution in [-0.4, -0.2) is 63.0 Å². The largest absolute Gasteiger partial charge is 0.341 e. The van der Waals surface area contributed by atoms with E-state index in [1.54, 1.807) is 18.5 Å². The molecule has 0 aromatic carbocycles. The molecule has 6 nitrogen and oxygen atoms in total. The second-order valence-corrected chi connectivity index (χ2v) is 7.80. The lowest BCUT2D eigenvalue weighted by Crippen LogP contribution is -2.52. The Labute approximate surface area is 147 Å². The van der Waals surface area contributed by atoms with Crippen molar-refractivity contribution in [2.24, 2.45) is 5.41 Å². The van der Waals surface area contributed by atoms with Crippen LogP contribution >= 0.6 is 11.8 Å². The minimum Gasteiger partial charge on any atom is -0.341 e. The van der Waals surface area contributed by atoms with E-state index in [9.17, 15) is 9.59 Å². The van der Waals surface area contributed by atoms with Crippen LogP contribution < -0.4 is 0 Å². The molecule has 1 aromatic heterocycles. The van der Waals surface area contributed by atoms with Crippen molar-refractivity contribution in [3.8, 4) is 0 Å². The summed E-state index contributed by atoms with van der Waals surface area (Å²) in [6.45, 7) is 6.20. The van der Waals surface area contributed by atoms with Crippen LogP contribution in [0.1, 0.15) is 33.1 Å². The lowest BCUT2D eigenvalue weighted by molar-refractivity contribution is -0.148. The lowest BCUT2D eigenvalue weighted by atomic mass is 9.78. The van der Waals surface area contributed by atoms with Crippen molar-refractivity contribution in [1.29, 1.82) is 0 Å². The molecule has 0 saturated carbocycles. The number of rotatable bonds is 4. The summed E-state index contributed by atoms with van der Waals surface area (Å²) in [6, 6.07) is 1.98. The van der Waals surface area contributed by atoms with E-state index < -0.39 is 0 Å². The van der Waals surface area contributed by atoms with Crippen LogP contribution in [0.3, 0.4) is 0 Å². The van der Waals surface area contributed by atoms with Crippen LogP contribution in [0.4, 0.5) is 0 Å². The van der Waals surface area contributed by atoms with Crippen molar-refractivity contribution in [3.05, 3.63) is 18.5 Å². The molecule has 0 bridgehead atoms. The molecule has 2 aliphatic rings. The molecule has 2 amide bonds. The van der Waals surface area contributed by atoms with Crippen LogP contribution in [0, 0.1) is 5.41 Å². The number of carbonyl (C=O) groups excluding carboxylic acids is 2. The second kappa shape index (κ2) is 7.09. The maximum atomic E-state index is 12.9. The molecule has 0 N–H and O–H groups in total. The fourth-order valence-electron chi connectivity index (χ4n) is 3.64. The van der Waals surface area contributed by atoms with E-state index in [4.69, 9.17) is 0 Å². The smallest absolute Gasteiger partial charge is 0.233 e. The quantitative estimate of drug-likeness (QED) is 0.613. The summed E-state index contributed by atoms with van der Waals surface area (Å²) >= 11 is 1.35. The fourth-order valence-corrected chi connectivity index (χ4v) is 4.34. The van der Waals surface area contributed by atoms with Gasteiger partial charge in [-0.25, -0.2) is 9.97 Å². The third-order valence-electron chi connectivity index (χ3n) is 4.97. The molecule has 130 valence electrons. The third-order valence-corrected chi connectivity index (χ3v) is 5.83. The molecule has 1 aromatic rings. The van der Waals surface area contributed by atoms with Crippen molar-refractivity contribution >= 4 is 23.6 Å². The Bertz CT molecular complexity index is 610. The van der Waals surface area contributed by atoms with Gasteiger partial charge < -0.3 is 9.80 Å².